The molecule has 29 heavy (non-hydrogen) atoms. The maximum Gasteiger partial charge on any atom is 0.418 e. The van der Waals surface area contributed by atoms with E-state index in [0.29, 0.717) is 32.1 Å². The number of carbonyl (C=O) groups excluding carboxylic acids is 1. The molecular weight excluding hydrogens is 386 g/mol. The molecule has 0 aromatic carbocycles. The molecule has 3 nitrogen and oxygen atoms in total. The van der Waals surface area contributed by atoms with E-state index >= 15 is 0 Å². The highest BCUT2D eigenvalue weighted by Crippen LogP contribution is 2.48. The van der Waals surface area contributed by atoms with Crippen LogP contribution in [-0.2, 0) is 4.79 Å². The van der Waals surface area contributed by atoms with Crippen LogP contribution in [0.15, 0.2) is 0 Å². The fourth-order valence-electron chi connectivity index (χ4n) is 6.04. The lowest BCUT2D eigenvalue weighted by atomic mass is 9.65. The predicted molar refractivity (Wildman–Crippen MR) is 103 cm³/mol. The largest absolute Gasteiger partial charge is 0.418 e. The number of fused-ring (bicyclic) bond motifs is 1. The highest BCUT2D eigenvalue weighted by Gasteiger charge is 2.58. The van der Waals surface area contributed by atoms with Crippen molar-refractivity contribution in [3.8, 4) is 0 Å². The van der Waals surface area contributed by atoms with Crippen LogP contribution >= 0.6 is 0 Å². The normalized spacial score (nSPS) is 34.5. The molecule has 1 saturated heterocycles. The van der Waals surface area contributed by atoms with Crippen LogP contribution in [0.3, 0.4) is 0 Å². The average Bonchev–Trinajstić information content (AvgIpc) is 2.63. The lowest BCUT2D eigenvalue weighted by Gasteiger charge is -2.49. The van der Waals surface area contributed by atoms with E-state index in [-0.39, 0.29) is 36.6 Å². The molecule has 1 heterocycles. The van der Waals surface area contributed by atoms with Crippen LogP contribution < -0.4 is 0 Å². The van der Waals surface area contributed by atoms with E-state index in [0.717, 1.165) is 19.3 Å². The summed E-state index contributed by atoms with van der Waals surface area (Å²) in [5.41, 5.74) is -3.58. The summed E-state index contributed by atoms with van der Waals surface area (Å²) in [5.74, 6) is -0.0682. The second-order valence-corrected chi connectivity index (χ2v) is 10.3. The molecule has 0 aromatic rings. The van der Waals surface area contributed by atoms with Crippen molar-refractivity contribution in [2.24, 2.45) is 17.3 Å². The first-order valence-corrected chi connectivity index (χ1v) is 11.1. The number of hydrogen-bond donors (Lipinski definition) is 1. The van der Waals surface area contributed by atoms with Gasteiger partial charge in [0.2, 0.25) is 0 Å². The Labute approximate surface area is 171 Å². The number of rotatable bonds is 5. The molecule has 7 heteroatoms. The standard InChI is InChI=1S/C22H35F4NO2/c1-20(2,15-7-9-16(23)10-8-15)13-21(29,22(24,25)26)14-27-12-11-19(28)17-5-3-4-6-18(17)27/h15-18,29H,3-14H2,1-2H3. The number of aliphatic hydroxyl groups is 1. The van der Waals surface area contributed by atoms with E-state index in [2.05, 4.69) is 0 Å². The summed E-state index contributed by atoms with van der Waals surface area (Å²) < 4.78 is 55.9. The van der Waals surface area contributed by atoms with Crippen molar-refractivity contribution in [2.75, 3.05) is 13.1 Å². The molecule has 2 aliphatic carbocycles. The van der Waals surface area contributed by atoms with Gasteiger partial charge in [-0.15, -0.1) is 0 Å². The fourth-order valence-corrected chi connectivity index (χ4v) is 6.04. The van der Waals surface area contributed by atoms with Crippen molar-refractivity contribution in [3.05, 3.63) is 0 Å². The number of halogens is 4. The Hall–Kier alpha value is -0.690. The minimum atomic E-state index is -4.76. The van der Waals surface area contributed by atoms with Gasteiger partial charge in [0.25, 0.3) is 0 Å². The SMILES string of the molecule is CC(C)(CC(O)(CN1CCC(=O)C2CCCCC21)C(F)(F)F)C1CCC(F)CC1. The highest BCUT2D eigenvalue weighted by atomic mass is 19.4. The van der Waals surface area contributed by atoms with Gasteiger partial charge >= 0.3 is 6.18 Å². The average molecular weight is 422 g/mol. The van der Waals surface area contributed by atoms with Crippen molar-refractivity contribution < 1.29 is 27.5 Å². The van der Waals surface area contributed by atoms with E-state index in [1.54, 1.807) is 18.7 Å². The van der Waals surface area contributed by atoms with Gasteiger partial charge in [0.05, 0.1) is 0 Å². The van der Waals surface area contributed by atoms with Crippen LogP contribution in [0.5, 0.6) is 0 Å². The topological polar surface area (TPSA) is 40.5 Å². The third kappa shape index (κ3) is 4.97. The van der Waals surface area contributed by atoms with E-state index in [4.69, 9.17) is 0 Å². The predicted octanol–water partition coefficient (Wildman–Crippen LogP) is 5.06. The molecule has 2 saturated carbocycles. The zero-order chi connectivity index (χ0) is 21.4. The first-order chi connectivity index (χ1) is 13.4. The lowest BCUT2D eigenvalue weighted by Crippen LogP contribution is -2.61. The highest BCUT2D eigenvalue weighted by molar-refractivity contribution is 5.82. The third-order valence-electron chi connectivity index (χ3n) is 7.76. The Morgan fingerprint density at radius 2 is 1.66 bits per heavy atom. The van der Waals surface area contributed by atoms with Crippen LogP contribution in [0.1, 0.15) is 78.1 Å². The summed E-state index contributed by atoms with van der Waals surface area (Å²) in [6.45, 7) is 3.35. The zero-order valence-corrected chi connectivity index (χ0v) is 17.6. The maximum absolute atomic E-state index is 14.1. The first kappa shape index (κ1) is 23.0. The number of hydrogen-bond acceptors (Lipinski definition) is 3. The van der Waals surface area contributed by atoms with Crippen LogP contribution in [-0.4, -0.2) is 52.9 Å². The van der Waals surface area contributed by atoms with Gasteiger partial charge in [-0.25, -0.2) is 4.39 Å². The molecule has 0 spiro atoms. The summed E-state index contributed by atoms with van der Waals surface area (Å²) in [6.07, 6.45) is -0.557. The maximum atomic E-state index is 14.1. The minimum absolute atomic E-state index is 0.0336. The summed E-state index contributed by atoms with van der Waals surface area (Å²) in [6, 6.07) is -0.191. The molecule has 3 aliphatic rings. The van der Waals surface area contributed by atoms with Gasteiger partial charge in [-0.05, 0) is 56.3 Å². The Morgan fingerprint density at radius 3 is 2.28 bits per heavy atom. The van der Waals surface area contributed by atoms with Gasteiger partial charge in [-0.3, -0.25) is 9.69 Å². The number of ketones is 1. The van der Waals surface area contributed by atoms with Gasteiger partial charge in [0.1, 0.15) is 12.0 Å². The molecule has 3 unspecified atom stereocenters. The Bertz CT molecular complexity index is 586. The molecule has 1 aliphatic heterocycles. The van der Waals surface area contributed by atoms with Gasteiger partial charge in [0, 0.05) is 31.5 Å². The number of alkyl halides is 4. The van der Waals surface area contributed by atoms with Gasteiger partial charge in [0.15, 0.2) is 5.60 Å². The van der Waals surface area contributed by atoms with Gasteiger partial charge in [-0.2, -0.15) is 13.2 Å². The van der Waals surface area contributed by atoms with Crippen molar-refractivity contribution in [3.63, 3.8) is 0 Å². The number of nitrogens with zero attached hydrogens (tertiary/aromatic N) is 1. The second kappa shape index (κ2) is 8.45. The van der Waals surface area contributed by atoms with Gasteiger partial charge < -0.3 is 5.11 Å². The lowest BCUT2D eigenvalue weighted by molar-refractivity contribution is -0.279. The Kier molecular flexibility index (Phi) is 6.69. The first-order valence-electron chi connectivity index (χ1n) is 11.1. The summed E-state index contributed by atoms with van der Waals surface area (Å²) in [5, 5.41) is 10.9. The molecule has 1 N–H and O–H groups in total. The number of Topliss-reactive ketones (excluding diaryl/α,β-unsaturated/α-hetero) is 1. The third-order valence-corrected chi connectivity index (χ3v) is 7.76. The summed E-state index contributed by atoms with van der Waals surface area (Å²) in [4.78, 5) is 14.0. The van der Waals surface area contributed by atoms with Crippen molar-refractivity contribution in [2.45, 2.75) is 102 Å². The quantitative estimate of drug-likeness (QED) is 0.631. The molecule has 0 radical (unpaired) electrons. The number of β-amino-alcohol motifs (C(OH)–C–C–N with tert-alkyl or cyclic N) is 1. The van der Waals surface area contributed by atoms with E-state index < -0.39 is 36.3 Å². The van der Waals surface area contributed by atoms with E-state index in [1.165, 1.54) is 0 Å². The van der Waals surface area contributed by atoms with Crippen LogP contribution in [0.4, 0.5) is 17.6 Å². The smallest absolute Gasteiger partial charge is 0.379 e. The molecule has 0 aromatic heterocycles. The van der Waals surface area contributed by atoms with Crippen molar-refractivity contribution in [1.29, 1.82) is 0 Å². The second-order valence-electron chi connectivity index (χ2n) is 10.3. The molecule has 3 atom stereocenters. The number of piperidine rings is 1. The number of carbonyl (C=O) groups is 1. The van der Waals surface area contributed by atoms with Crippen molar-refractivity contribution in [1.82, 2.24) is 4.90 Å². The molecule has 3 fully saturated rings. The molecule has 0 amide bonds. The summed E-state index contributed by atoms with van der Waals surface area (Å²) in [7, 11) is 0. The van der Waals surface area contributed by atoms with E-state index in [9.17, 15) is 27.5 Å². The molecular formula is C22H35F4NO2. The van der Waals surface area contributed by atoms with Crippen LogP contribution in [0.25, 0.3) is 0 Å². The van der Waals surface area contributed by atoms with E-state index in [1.807, 2.05) is 0 Å². The monoisotopic (exact) mass is 421 g/mol. The minimum Gasteiger partial charge on any atom is -0.379 e. The van der Waals surface area contributed by atoms with Crippen LogP contribution in [0, 0.1) is 17.3 Å². The van der Waals surface area contributed by atoms with Crippen molar-refractivity contribution >= 4 is 5.78 Å². The summed E-state index contributed by atoms with van der Waals surface area (Å²) >= 11 is 0. The van der Waals surface area contributed by atoms with Gasteiger partial charge in [-0.1, -0.05) is 26.7 Å². The zero-order valence-electron chi connectivity index (χ0n) is 17.6. The molecule has 3 rings (SSSR count). The Morgan fingerprint density at radius 1 is 1.03 bits per heavy atom. The number of likely N-dealkylation sites (tertiary alicyclic amines) is 1. The fraction of sp³-hybridized carbons (Fsp3) is 0.955. The molecule has 168 valence electrons. The van der Waals surface area contributed by atoms with Crippen LogP contribution in [0.2, 0.25) is 0 Å². The molecule has 0 bridgehead atoms. The Balaban J connectivity index is 1.77.